The van der Waals surface area contributed by atoms with E-state index in [0.717, 1.165) is 19.3 Å². The van der Waals surface area contributed by atoms with Crippen LogP contribution in [0.5, 0.6) is 0 Å². The van der Waals surface area contributed by atoms with E-state index in [2.05, 4.69) is 0 Å². The number of amides is 1. The first-order valence-corrected chi connectivity index (χ1v) is 3.20. The number of nitrogens with zero attached hydrogens (tertiary/aromatic N) is 1. The van der Waals surface area contributed by atoms with Crippen LogP contribution < -0.4 is 0 Å². The largest absolute Gasteiger partial charge is 0.393 e. The molecule has 1 rings (SSSR count). The molecule has 0 unspecified atom stereocenters. The number of aliphatic hydroxyl groups is 1. The molecule has 0 atom stereocenters. The summed E-state index contributed by atoms with van der Waals surface area (Å²) in [7, 11) is 0. The fraction of sp³-hybridized carbons (Fsp3) is 0.833. The zero-order chi connectivity index (χ0) is 6.69. The summed E-state index contributed by atoms with van der Waals surface area (Å²) in [5.41, 5.74) is 0. The molecule has 1 N–H and O–H groups in total. The van der Waals surface area contributed by atoms with Gasteiger partial charge in [-0.3, -0.25) is 4.79 Å². The van der Waals surface area contributed by atoms with Crippen LogP contribution in [0.2, 0.25) is 0 Å². The molecule has 0 radical (unpaired) electrons. The maximum absolute atomic E-state index is 10.1. The van der Waals surface area contributed by atoms with Crippen molar-refractivity contribution in [2.45, 2.75) is 18.9 Å². The summed E-state index contributed by atoms with van der Waals surface area (Å²) in [4.78, 5) is 11.8. The summed E-state index contributed by atoms with van der Waals surface area (Å²) in [6, 6.07) is 0. The van der Waals surface area contributed by atoms with Crippen molar-refractivity contribution in [3.63, 3.8) is 0 Å². The van der Waals surface area contributed by atoms with Gasteiger partial charge in [0.2, 0.25) is 6.41 Å². The molecule has 60 valence electrons. The molecule has 0 bridgehead atoms. The van der Waals surface area contributed by atoms with Gasteiger partial charge in [-0.05, 0) is 12.8 Å². The number of likely N-dealkylation sites (tertiary alicyclic amines) is 1. The van der Waals surface area contributed by atoms with Crippen LogP contribution in [-0.4, -0.2) is 35.6 Å². The van der Waals surface area contributed by atoms with Crippen molar-refractivity contribution >= 4 is 18.8 Å². The Hall–Kier alpha value is -0.280. The third-order valence-corrected chi connectivity index (χ3v) is 1.65. The molecule has 1 heterocycles. The topological polar surface area (TPSA) is 40.5 Å². The molecule has 0 aromatic heterocycles. The summed E-state index contributed by atoms with van der Waals surface area (Å²) < 4.78 is 0. The molecule has 3 nitrogen and oxygen atoms in total. The van der Waals surface area contributed by atoms with Gasteiger partial charge < -0.3 is 10.0 Å². The minimum absolute atomic E-state index is 0. The first-order valence-electron chi connectivity index (χ1n) is 3.20. The lowest BCUT2D eigenvalue weighted by Gasteiger charge is -2.25. The molecule has 1 aliphatic rings. The molecular weight excluding hydrogens is 154 g/mol. The monoisotopic (exact) mass is 165 g/mol. The Morgan fingerprint density at radius 1 is 1.40 bits per heavy atom. The van der Waals surface area contributed by atoms with Gasteiger partial charge in [0.25, 0.3) is 0 Å². The lowest BCUT2D eigenvalue weighted by atomic mass is 10.1. The van der Waals surface area contributed by atoms with Gasteiger partial charge in [0.15, 0.2) is 0 Å². The fourth-order valence-corrected chi connectivity index (χ4v) is 0.991. The van der Waals surface area contributed by atoms with E-state index >= 15 is 0 Å². The Morgan fingerprint density at radius 3 is 2.30 bits per heavy atom. The molecule has 1 amide bonds. The van der Waals surface area contributed by atoms with Crippen molar-refractivity contribution in [1.82, 2.24) is 4.90 Å². The highest BCUT2D eigenvalue weighted by Gasteiger charge is 2.14. The third-order valence-electron chi connectivity index (χ3n) is 1.65. The SMILES string of the molecule is Cl.O=CN1CCC(O)CC1. The molecule has 0 aromatic rings. The van der Waals surface area contributed by atoms with Gasteiger partial charge in [-0.2, -0.15) is 0 Å². The number of carbonyl (C=O) groups excluding carboxylic acids is 1. The Bertz CT molecular complexity index is 102. The normalized spacial score (nSPS) is 19.9. The number of carbonyl (C=O) groups is 1. The smallest absolute Gasteiger partial charge is 0.209 e. The first kappa shape index (κ1) is 9.72. The van der Waals surface area contributed by atoms with Gasteiger partial charge in [-0.1, -0.05) is 0 Å². The van der Waals surface area contributed by atoms with Crippen molar-refractivity contribution in [3.8, 4) is 0 Å². The van der Waals surface area contributed by atoms with Gasteiger partial charge in [0.05, 0.1) is 6.10 Å². The molecule has 10 heavy (non-hydrogen) atoms. The van der Waals surface area contributed by atoms with Crippen LogP contribution in [0.4, 0.5) is 0 Å². The zero-order valence-electron chi connectivity index (χ0n) is 5.69. The fourth-order valence-electron chi connectivity index (χ4n) is 0.991. The van der Waals surface area contributed by atoms with E-state index in [-0.39, 0.29) is 18.5 Å². The lowest BCUT2D eigenvalue weighted by Crippen LogP contribution is -2.34. The molecule has 1 saturated heterocycles. The summed E-state index contributed by atoms with van der Waals surface area (Å²) in [6.45, 7) is 1.43. The molecule has 0 aromatic carbocycles. The second-order valence-electron chi connectivity index (χ2n) is 2.37. The molecule has 0 aliphatic carbocycles. The van der Waals surface area contributed by atoms with E-state index in [9.17, 15) is 4.79 Å². The van der Waals surface area contributed by atoms with Crippen molar-refractivity contribution in [2.75, 3.05) is 13.1 Å². The van der Waals surface area contributed by atoms with E-state index in [4.69, 9.17) is 5.11 Å². The molecule has 1 fully saturated rings. The average Bonchev–Trinajstić information content (AvgIpc) is 1.90. The van der Waals surface area contributed by atoms with E-state index < -0.39 is 0 Å². The number of hydrogen-bond donors (Lipinski definition) is 1. The summed E-state index contributed by atoms with van der Waals surface area (Å²) in [5, 5.41) is 8.98. The van der Waals surface area contributed by atoms with Crippen LogP contribution in [0.3, 0.4) is 0 Å². The van der Waals surface area contributed by atoms with Crippen molar-refractivity contribution in [3.05, 3.63) is 0 Å². The quantitative estimate of drug-likeness (QED) is 0.557. The second-order valence-corrected chi connectivity index (χ2v) is 2.37. The zero-order valence-corrected chi connectivity index (χ0v) is 6.51. The standard InChI is InChI=1S/C6H11NO2.ClH/c8-5-7-3-1-6(9)2-4-7;/h5-6,9H,1-4H2;1H. The molecule has 4 heteroatoms. The van der Waals surface area contributed by atoms with E-state index in [1.807, 2.05) is 0 Å². The van der Waals surface area contributed by atoms with Crippen LogP contribution in [0.15, 0.2) is 0 Å². The number of piperidine rings is 1. The Balaban J connectivity index is 0.000000810. The van der Waals surface area contributed by atoms with Crippen molar-refractivity contribution < 1.29 is 9.90 Å². The van der Waals surface area contributed by atoms with Crippen molar-refractivity contribution in [1.29, 1.82) is 0 Å². The highest BCUT2D eigenvalue weighted by molar-refractivity contribution is 5.85. The minimum Gasteiger partial charge on any atom is -0.393 e. The molecule has 0 spiro atoms. The Morgan fingerprint density at radius 2 is 1.90 bits per heavy atom. The van der Waals surface area contributed by atoms with Crippen LogP contribution in [0.1, 0.15) is 12.8 Å². The van der Waals surface area contributed by atoms with Gasteiger partial charge >= 0.3 is 0 Å². The van der Waals surface area contributed by atoms with Crippen LogP contribution in [0, 0.1) is 0 Å². The number of aliphatic hydroxyl groups excluding tert-OH is 1. The Labute approximate surface area is 66.4 Å². The number of rotatable bonds is 1. The van der Waals surface area contributed by atoms with Crippen LogP contribution >= 0.6 is 12.4 Å². The Kier molecular flexibility index (Phi) is 4.40. The van der Waals surface area contributed by atoms with E-state index in [0.29, 0.717) is 13.1 Å². The highest BCUT2D eigenvalue weighted by atomic mass is 35.5. The summed E-state index contributed by atoms with van der Waals surface area (Å²) >= 11 is 0. The molecule has 1 aliphatic heterocycles. The van der Waals surface area contributed by atoms with Gasteiger partial charge in [-0.15, -0.1) is 12.4 Å². The van der Waals surface area contributed by atoms with Gasteiger partial charge in [0, 0.05) is 13.1 Å². The van der Waals surface area contributed by atoms with Crippen LogP contribution in [-0.2, 0) is 4.79 Å². The lowest BCUT2D eigenvalue weighted by molar-refractivity contribution is -0.119. The first-order chi connectivity index (χ1) is 4.33. The van der Waals surface area contributed by atoms with Crippen molar-refractivity contribution in [2.24, 2.45) is 0 Å². The summed E-state index contributed by atoms with van der Waals surface area (Å²) in [6.07, 6.45) is 2.13. The highest BCUT2D eigenvalue weighted by Crippen LogP contribution is 2.06. The van der Waals surface area contributed by atoms with Crippen LogP contribution in [0.25, 0.3) is 0 Å². The summed E-state index contributed by atoms with van der Waals surface area (Å²) in [5.74, 6) is 0. The van der Waals surface area contributed by atoms with E-state index in [1.54, 1.807) is 4.90 Å². The van der Waals surface area contributed by atoms with Gasteiger partial charge in [-0.25, -0.2) is 0 Å². The average molecular weight is 166 g/mol. The maximum atomic E-state index is 10.1. The third kappa shape index (κ3) is 2.54. The number of halogens is 1. The predicted molar refractivity (Wildman–Crippen MR) is 40.1 cm³/mol. The maximum Gasteiger partial charge on any atom is 0.209 e. The second kappa shape index (κ2) is 4.52. The van der Waals surface area contributed by atoms with Gasteiger partial charge in [0.1, 0.15) is 0 Å². The van der Waals surface area contributed by atoms with E-state index in [1.165, 1.54) is 0 Å². The number of hydrogen-bond acceptors (Lipinski definition) is 2. The predicted octanol–water partition coefficient (Wildman–Crippen LogP) is 0.0213. The molecular formula is C6H12ClNO2. The minimum atomic E-state index is -0.179. The molecule has 0 saturated carbocycles.